The Kier molecular flexibility index (Phi) is 8.06. The molecule has 9 nitrogen and oxygen atoms in total. The average Bonchev–Trinajstić information content (AvgIpc) is 3.09. The van der Waals surface area contributed by atoms with Crippen LogP contribution in [0.5, 0.6) is 0 Å². The van der Waals surface area contributed by atoms with Crippen LogP contribution in [0.1, 0.15) is 56.7 Å². The highest BCUT2D eigenvalue weighted by Gasteiger charge is 2.27. The molecule has 2 heterocycles. The number of hydrogen-bond acceptors (Lipinski definition) is 8. The van der Waals surface area contributed by atoms with E-state index in [9.17, 15) is 19.2 Å². The van der Waals surface area contributed by atoms with Crippen LogP contribution in [0.4, 0.5) is 10.7 Å². The molecule has 1 fully saturated rings. The molecule has 0 spiro atoms. The van der Waals surface area contributed by atoms with E-state index in [4.69, 9.17) is 10.5 Å². The molecule has 0 atom stereocenters. The van der Waals surface area contributed by atoms with Crippen molar-refractivity contribution < 1.29 is 23.9 Å². The van der Waals surface area contributed by atoms with Crippen LogP contribution in [-0.4, -0.2) is 67.3 Å². The topological polar surface area (TPSA) is 122 Å². The van der Waals surface area contributed by atoms with Gasteiger partial charge in [-0.25, -0.2) is 4.79 Å². The Morgan fingerprint density at radius 3 is 2.24 bits per heavy atom. The third-order valence-electron chi connectivity index (χ3n) is 5.55. The number of thiophene rings is 1. The second-order valence-corrected chi connectivity index (χ2v) is 9.51. The molecular formula is C24H30N4O5S. The summed E-state index contributed by atoms with van der Waals surface area (Å²) >= 11 is 0.983. The highest BCUT2D eigenvalue weighted by Crippen LogP contribution is 2.33. The molecule has 0 aliphatic carbocycles. The van der Waals surface area contributed by atoms with Crippen LogP contribution < -0.4 is 16.0 Å². The van der Waals surface area contributed by atoms with Gasteiger partial charge >= 0.3 is 5.97 Å². The van der Waals surface area contributed by atoms with E-state index in [0.717, 1.165) is 30.1 Å². The largest absolute Gasteiger partial charge is 0.459 e. The molecule has 10 heteroatoms. The summed E-state index contributed by atoms with van der Waals surface area (Å²) in [7, 11) is 0. The summed E-state index contributed by atoms with van der Waals surface area (Å²) in [5, 5.41) is 3.04. The fraction of sp³-hybridized carbons (Fsp3) is 0.417. The smallest absolute Gasteiger partial charge is 0.341 e. The average molecular weight is 487 g/mol. The first kappa shape index (κ1) is 25.4. The molecule has 0 saturated carbocycles. The molecule has 1 aliphatic rings. The van der Waals surface area contributed by atoms with Crippen LogP contribution in [0.2, 0.25) is 0 Å². The predicted molar refractivity (Wildman–Crippen MR) is 132 cm³/mol. The van der Waals surface area contributed by atoms with Gasteiger partial charge in [0, 0.05) is 37.4 Å². The third kappa shape index (κ3) is 6.00. The quantitative estimate of drug-likeness (QED) is 0.434. The Balaban J connectivity index is 1.62. The molecule has 3 N–H and O–H groups in total. The second-order valence-electron chi connectivity index (χ2n) is 8.49. The van der Waals surface area contributed by atoms with Crippen molar-refractivity contribution in [3.8, 4) is 0 Å². The number of hydrogen-bond donors (Lipinski definition) is 2. The maximum Gasteiger partial charge on any atom is 0.341 e. The lowest BCUT2D eigenvalue weighted by atomic mass is 10.1. The van der Waals surface area contributed by atoms with Gasteiger partial charge in [0.2, 0.25) is 5.91 Å². The number of carbonyl (C=O) groups excluding carboxylic acids is 4. The summed E-state index contributed by atoms with van der Waals surface area (Å²) in [6.45, 7) is 9.60. The van der Waals surface area contributed by atoms with E-state index in [1.165, 1.54) is 0 Å². The summed E-state index contributed by atoms with van der Waals surface area (Å²) in [6, 6.07) is 7.52. The molecule has 182 valence electrons. The molecule has 1 aliphatic heterocycles. The maximum absolute atomic E-state index is 12.8. The first-order valence-corrected chi connectivity index (χ1v) is 11.9. The molecule has 2 aromatic rings. The number of amides is 2. The Morgan fingerprint density at radius 2 is 1.71 bits per heavy atom. The van der Waals surface area contributed by atoms with Gasteiger partial charge in [-0.2, -0.15) is 0 Å². The van der Waals surface area contributed by atoms with Gasteiger partial charge in [0.05, 0.1) is 23.1 Å². The van der Waals surface area contributed by atoms with Crippen molar-refractivity contribution >= 4 is 45.6 Å². The van der Waals surface area contributed by atoms with Crippen molar-refractivity contribution in [1.82, 2.24) is 4.90 Å². The number of anilines is 2. The van der Waals surface area contributed by atoms with E-state index in [0.29, 0.717) is 24.2 Å². The zero-order valence-corrected chi connectivity index (χ0v) is 20.7. The molecule has 1 saturated heterocycles. The Hall–Kier alpha value is -3.24. The number of nitrogens with one attached hydrogen (secondary N) is 1. The Bertz CT molecular complexity index is 1090. The summed E-state index contributed by atoms with van der Waals surface area (Å²) in [6.07, 6.45) is -0.345. The summed E-state index contributed by atoms with van der Waals surface area (Å²) in [5.41, 5.74) is 7.73. The maximum atomic E-state index is 12.8. The normalized spacial score (nSPS) is 14.2. The molecule has 0 unspecified atom stereocenters. The van der Waals surface area contributed by atoms with Crippen LogP contribution in [0, 0.1) is 6.92 Å². The number of rotatable bonds is 8. The number of carbonyl (C=O) groups is 4. The van der Waals surface area contributed by atoms with Crippen molar-refractivity contribution in [2.24, 2.45) is 5.73 Å². The van der Waals surface area contributed by atoms with Gasteiger partial charge in [-0.15, -0.1) is 11.3 Å². The first-order valence-electron chi connectivity index (χ1n) is 11.1. The van der Waals surface area contributed by atoms with E-state index in [2.05, 4.69) is 10.2 Å². The molecule has 34 heavy (non-hydrogen) atoms. The monoisotopic (exact) mass is 486 g/mol. The van der Waals surface area contributed by atoms with E-state index >= 15 is 0 Å². The lowest BCUT2D eigenvalue weighted by Gasteiger charge is -2.35. The van der Waals surface area contributed by atoms with E-state index in [1.807, 2.05) is 29.2 Å². The van der Waals surface area contributed by atoms with Crippen molar-refractivity contribution in [3.05, 3.63) is 45.8 Å². The number of ketones is 1. The standard InChI is InChI=1S/C24H30N4O5S/c1-14(2)33-24(32)20-15(3)21(22(25)31)34-23(20)26-19(30)13-27-9-11-28(12-10-27)18-7-5-17(6-8-18)16(4)29/h5-8,14H,9-13H2,1-4H3,(H2,25,31)(H,26,30). The van der Waals surface area contributed by atoms with E-state index in [-0.39, 0.29) is 39.8 Å². The molecule has 0 radical (unpaired) electrons. The van der Waals surface area contributed by atoms with Gasteiger partial charge in [-0.3, -0.25) is 19.3 Å². The Morgan fingerprint density at radius 1 is 1.09 bits per heavy atom. The first-order chi connectivity index (χ1) is 16.1. The zero-order chi connectivity index (χ0) is 25.0. The molecule has 1 aromatic carbocycles. The van der Waals surface area contributed by atoms with Crippen LogP contribution >= 0.6 is 11.3 Å². The Labute approximate surface area is 202 Å². The molecule has 1 aromatic heterocycles. The number of Topliss-reactive ketones (excluding diaryl/α,β-unsaturated/α-hetero) is 1. The minimum absolute atomic E-state index is 0.0342. The summed E-state index contributed by atoms with van der Waals surface area (Å²) in [5.74, 6) is -1.51. The van der Waals surface area contributed by atoms with Gasteiger partial charge in [-0.1, -0.05) is 0 Å². The van der Waals surface area contributed by atoms with Crippen molar-refractivity contribution in [2.45, 2.75) is 33.8 Å². The highest BCUT2D eigenvalue weighted by molar-refractivity contribution is 7.18. The van der Waals surface area contributed by atoms with Gasteiger partial charge in [-0.05, 0) is 57.5 Å². The third-order valence-corrected chi connectivity index (χ3v) is 6.77. The van der Waals surface area contributed by atoms with Crippen LogP contribution in [0.15, 0.2) is 24.3 Å². The number of nitrogens with zero attached hydrogens (tertiary/aromatic N) is 2. The van der Waals surface area contributed by atoms with Gasteiger partial charge < -0.3 is 20.7 Å². The van der Waals surface area contributed by atoms with Gasteiger partial charge in [0.1, 0.15) is 5.00 Å². The number of esters is 1. The van der Waals surface area contributed by atoms with Crippen LogP contribution in [0.25, 0.3) is 0 Å². The molecule has 2 amide bonds. The number of ether oxygens (including phenoxy) is 1. The minimum atomic E-state index is -0.658. The molecular weight excluding hydrogens is 456 g/mol. The van der Waals surface area contributed by atoms with Crippen molar-refractivity contribution in [2.75, 3.05) is 42.9 Å². The predicted octanol–water partition coefficient (Wildman–Crippen LogP) is 2.68. The number of piperazine rings is 1. The second kappa shape index (κ2) is 10.8. The number of benzene rings is 1. The minimum Gasteiger partial charge on any atom is -0.459 e. The van der Waals surface area contributed by atoms with Gasteiger partial charge in [0.15, 0.2) is 5.78 Å². The highest BCUT2D eigenvalue weighted by atomic mass is 32.1. The lowest BCUT2D eigenvalue weighted by molar-refractivity contribution is -0.117. The fourth-order valence-electron chi connectivity index (χ4n) is 3.80. The van der Waals surface area contributed by atoms with Crippen molar-refractivity contribution in [3.63, 3.8) is 0 Å². The fourth-order valence-corrected chi connectivity index (χ4v) is 4.86. The van der Waals surface area contributed by atoms with E-state index < -0.39 is 11.9 Å². The number of primary amides is 1. The van der Waals surface area contributed by atoms with Crippen molar-refractivity contribution in [1.29, 1.82) is 0 Å². The molecule has 3 rings (SSSR count). The zero-order valence-electron chi connectivity index (χ0n) is 19.8. The molecule has 0 bridgehead atoms. The van der Waals surface area contributed by atoms with Crippen LogP contribution in [-0.2, 0) is 9.53 Å². The lowest BCUT2D eigenvalue weighted by Crippen LogP contribution is -2.48. The van der Waals surface area contributed by atoms with Crippen LogP contribution in [0.3, 0.4) is 0 Å². The van der Waals surface area contributed by atoms with E-state index in [1.54, 1.807) is 27.7 Å². The SMILES string of the molecule is CC(=O)c1ccc(N2CCN(CC(=O)Nc3sc(C(N)=O)c(C)c3C(=O)OC(C)C)CC2)cc1. The number of nitrogens with two attached hydrogens (primary N) is 1. The summed E-state index contributed by atoms with van der Waals surface area (Å²) < 4.78 is 5.29. The van der Waals surface area contributed by atoms with Gasteiger partial charge in [0.25, 0.3) is 5.91 Å². The summed E-state index contributed by atoms with van der Waals surface area (Å²) in [4.78, 5) is 53.0.